The normalized spacial score (nSPS) is 18.3. The maximum atomic E-state index is 13.5. The number of hydrogen-bond acceptors (Lipinski definition) is 2. The molecule has 2 rings (SSSR count). The van der Waals surface area contributed by atoms with Crippen LogP contribution in [0.3, 0.4) is 0 Å². The molecule has 0 aromatic heterocycles. The van der Waals surface area contributed by atoms with Crippen molar-refractivity contribution in [1.82, 2.24) is 0 Å². The number of hydrogen-bond donors (Lipinski definition) is 2. The summed E-state index contributed by atoms with van der Waals surface area (Å²) in [5, 5.41) is 3.49. The second kappa shape index (κ2) is 6.47. The molecule has 1 unspecified atom stereocenters. The van der Waals surface area contributed by atoms with Crippen LogP contribution in [0.2, 0.25) is 5.02 Å². The molecule has 1 saturated carbocycles. The molecule has 19 heavy (non-hydrogen) atoms. The van der Waals surface area contributed by atoms with Crippen LogP contribution in [0.4, 0.5) is 15.8 Å². The van der Waals surface area contributed by atoms with Gasteiger partial charge in [-0.05, 0) is 31.2 Å². The number of benzene rings is 1. The van der Waals surface area contributed by atoms with Crippen LogP contribution < -0.4 is 11.1 Å². The van der Waals surface area contributed by atoms with Gasteiger partial charge in [0, 0.05) is 12.1 Å². The van der Waals surface area contributed by atoms with Crippen molar-refractivity contribution in [1.29, 1.82) is 0 Å². The summed E-state index contributed by atoms with van der Waals surface area (Å²) in [6.45, 7) is 2.16. The number of anilines is 2. The van der Waals surface area contributed by atoms with Crippen molar-refractivity contribution in [2.45, 2.75) is 51.5 Å². The molecular formula is C15H22ClFN2. The SMILES string of the molecule is CCC(Nc1cc(F)c(Cl)cc1N)C1CCCCC1. The monoisotopic (exact) mass is 284 g/mol. The molecule has 0 saturated heterocycles. The third-order valence-corrected chi connectivity index (χ3v) is 4.38. The van der Waals surface area contributed by atoms with Crippen LogP contribution in [0, 0.1) is 11.7 Å². The van der Waals surface area contributed by atoms with Gasteiger partial charge in [-0.1, -0.05) is 37.8 Å². The van der Waals surface area contributed by atoms with Gasteiger partial charge < -0.3 is 11.1 Å². The molecule has 1 aromatic rings. The number of nitrogen functional groups attached to an aromatic ring is 1. The third-order valence-electron chi connectivity index (χ3n) is 4.09. The van der Waals surface area contributed by atoms with Crippen LogP contribution in [0.5, 0.6) is 0 Å². The van der Waals surface area contributed by atoms with Crippen molar-refractivity contribution >= 4 is 23.0 Å². The van der Waals surface area contributed by atoms with Gasteiger partial charge in [-0.15, -0.1) is 0 Å². The highest BCUT2D eigenvalue weighted by Gasteiger charge is 2.23. The summed E-state index contributed by atoms with van der Waals surface area (Å²) in [5.41, 5.74) is 7.09. The van der Waals surface area contributed by atoms with Crippen LogP contribution in [0.25, 0.3) is 0 Å². The van der Waals surface area contributed by atoms with Gasteiger partial charge in [0.05, 0.1) is 16.4 Å². The van der Waals surface area contributed by atoms with Crippen LogP contribution in [-0.2, 0) is 0 Å². The summed E-state index contributed by atoms with van der Waals surface area (Å²) in [6, 6.07) is 3.25. The highest BCUT2D eigenvalue weighted by atomic mass is 35.5. The van der Waals surface area contributed by atoms with Crippen LogP contribution >= 0.6 is 11.6 Å². The minimum absolute atomic E-state index is 0.0776. The van der Waals surface area contributed by atoms with E-state index in [1.54, 1.807) is 0 Å². The van der Waals surface area contributed by atoms with Gasteiger partial charge in [0.25, 0.3) is 0 Å². The Morgan fingerprint density at radius 3 is 2.68 bits per heavy atom. The van der Waals surface area contributed by atoms with E-state index >= 15 is 0 Å². The number of halogens is 2. The van der Waals surface area contributed by atoms with Gasteiger partial charge in [-0.25, -0.2) is 4.39 Å². The van der Waals surface area contributed by atoms with Crippen LogP contribution in [-0.4, -0.2) is 6.04 Å². The maximum absolute atomic E-state index is 13.5. The lowest BCUT2D eigenvalue weighted by Gasteiger charge is -2.31. The van der Waals surface area contributed by atoms with E-state index in [2.05, 4.69) is 12.2 Å². The van der Waals surface area contributed by atoms with E-state index in [0.29, 0.717) is 23.3 Å². The first-order chi connectivity index (χ1) is 9.11. The zero-order valence-corrected chi connectivity index (χ0v) is 12.1. The Morgan fingerprint density at radius 2 is 2.05 bits per heavy atom. The van der Waals surface area contributed by atoms with Gasteiger partial charge in [0.15, 0.2) is 0 Å². The Morgan fingerprint density at radius 1 is 1.37 bits per heavy atom. The second-order valence-electron chi connectivity index (χ2n) is 5.41. The number of nitrogens with two attached hydrogens (primary N) is 1. The summed E-state index contributed by atoms with van der Waals surface area (Å²) in [4.78, 5) is 0. The molecular weight excluding hydrogens is 263 g/mol. The van der Waals surface area contributed by atoms with Gasteiger partial charge in [-0.3, -0.25) is 0 Å². The van der Waals surface area contributed by atoms with E-state index < -0.39 is 5.82 Å². The Kier molecular flexibility index (Phi) is 4.92. The minimum Gasteiger partial charge on any atom is -0.397 e. The second-order valence-corrected chi connectivity index (χ2v) is 5.82. The molecule has 1 aliphatic carbocycles. The summed E-state index contributed by atoms with van der Waals surface area (Å²) < 4.78 is 13.5. The molecule has 1 atom stereocenters. The fourth-order valence-corrected chi connectivity index (χ4v) is 3.15. The molecule has 0 bridgehead atoms. The van der Waals surface area contributed by atoms with Crippen molar-refractivity contribution in [3.63, 3.8) is 0 Å². The lowest BCUT2D eigenvalue weighted by molar-refractivity contribution is 0.313. The fourth-order valence-electron chi connectivity index (χ4n) is 2.98. The number of rotatable bonds is 4. The molecule has 2 nitrogen and oxygen atoms in total. The van der Waals surface area contributed by atoms with Gasteiger partial charge in [0.2, 0.25) is 0 Å². The zero-order chi connectivity index (χ0) is 13.8. The smallest absolute Gasteiger partial charge is 0.143 e. The summed E-state index contributed by atoms with van der Waals surface area (Å²) in [6.07, 6.45) is 7.46. The van der Waals surface area contributed by atoms with Gasteiger partial charge in [-0.2, -0.15) is 0 Å². The molecule has 0 spiro atoms. The Labute approximate surface area is 119 Å². The minimum atomic E-state index is -0.420. The molecule has 1 aromatic carbocycles. The van der Waals surface area contributed by atoms with Gasteiger partial charge >= 0.3 is 0 Å². The Hall–Kier alpha value is -0.960. The van der Waals surface area contributed by atoms with E-state index in [0.717, 1.165) is 6.42 Å². The van der Waals surface area contributed by atoms with E-state index in [9.17, 15) is 4.39 Å². The molecule has 3 N–H and O–H groups in total. The van der Waals surface area contributed by atoms with Crippen molar-refractivity contribution < 1.29 is 4.39 Å². The highest BCUT2D eigenvalue weighted by Crippen LogP contribution is 2.32. The van der Waals surface area contributed by atoms with Crippen LogP contribution in [0.15, 0.2) is 12.1 Å². The van der Waals surface area contributed by atoms with Gasteiger partial charge in [0.1, 0.15) is 5.82 Å². The van der Waals surface area contributed by atoms with E-state index in [4.69, 9.17) is 17.3 Å². The maximum Gasteiger partial charge on any atom is 0.143 e. The molecule has 0 amide bonds. The van der Waals surface area contributed by atoms with Crippen molar-refractivity contribution in [2.24, 2.45) is 5.92 Å². The molecule has 0 aliphatic heterocycles. The summed E-state index contributed by atoms with van der Waals surface area (Å²) >= 11 is 5.72. The predicted octanol–water partition coefficient (Wildman–Crippen LogP) is 4.83. The fraction of sp³-hybridized carbons (Fsp3) is 0.600. The first-order valence-electron chi connectivity index (χ1n) is 7.13. The number of nitrogens with one attached hydrogen (secondary N) is 1. The largest absolute Gasteiger partial charge is 0.397 e. The average Bonchev–Trinajstić information content (AvgIpc) is 2.42. The Balaban J connectivity index is 2.11. The van der Waals surface area contributed by atoms with Crippen molar-refractivity contribution in [3.8, 4) is 0 Å². The van der Waals surface area contributed by atoms with Crippen molar-refractivity contribution in [2.75, 3.05) is 11.1 Å². The average molecular weight is 285 g/mol. The molecule has 1 fully saturated rings. The molecule has 106 valence electrons. The van der Waals surface area contributed by atoms with E-state index in [1.165, 1.54) is 44.2 Å². The predicted molar refractivity (Wildman–Crippen MR) is 80.1 cm³/mol. The van der Waals surface area contributed by atoms with E-state index in [1.807, 2.05) is 0 Å². The van der Waals surface area contributed by atoms with Crippen molar-refractivity contribution in [3.05, 3.63) is 23.0 Å². The quantitative estimate of drug-likeness (QED) is 0.777. The lowest BCUT2D eigenvalue weighted by Crippen LogP contribution is -2.30. The molecule has 1 aliphatic rings. The molecule has 4 heteroatoms. The first-order valence-corrected chi connectivity index (χ1v) is 7.50. The molecule has 0 radical (unpaired) electrons. The topological polar surface area (TPSA) is 38.0 Å². The zero-order valence-electron chi connectivity index (χ0n) is 11.4. The summed E-state index contributed by atoms with van der Waals surface area (Å²) in [5.74, 6) is 0.244. The first kappa shape index (κ1) is 14.4. The van der Waals surface area contributed by atoms with Crippen LogP contribution in [0.1, 0.15) is 45.4 Å². The third kappa shape index (κ3) is 3.53. The van der Waals surface area contributed by atoms with E-state index in [-0.39, 0.29) is 5.02 Å². The highest BCUT2D eigenvalue weighted by molar-refractivity contribution is 6.31. The Bertz CT molecular complexity index is 430. The standard InChI is InChI=1S/C15H22ClFN2/c1-2-14(10-6-4-3-5-7-10)19-15-9-12(17)11(16)8-13(15)18/h8-10,14,19H,2-7,18H2,1H3. The molecule has 0 heterocycles. The lowest BCUT2D eigenvalue weighted by atomic mass is 9.83. The summed E-state index contributed by atoms with van der Waals surface area (Å²) in [7, 11) is 0.